The fourth-order valence-electron chi connectivity index (χ4n) is 3.15. The van der Waals surface area contributed by atoms with Gasteiger partial charge in [-0.05, 0) is 17.2 Å². The third kappa shape index (κ3) is 3.47. The Morgan fingerprint density at radius 1 is 1.24 bits per heavy atom. The van der Waals surface area contributed by atoms with Crippen LogP contribution in [0.2, 0.25) is 0 Å². The van der Waals surface area contributed by atoms with E-state index in [1.54, 1.807) is 25.2 Å². The van der Waals surface area contributed by atoms with Gasteiger partial charge in [0.15, 0.2) is 0 Å². The summed E-state index contributed by atoms with van der Waals surface area (Å²) in [7, 11) is 1.56. The number of nitrogens with zero attached hydrogens (tertiary/aromatic N) is 1. The summed E-state index contributed by atoms with van der Waals surface area (Å²) in [6, 6.07) is 15.9. The van der Waals surface area contributed by atoms with Crippen molar-refractivity contribution in [2.45, 2.75) is 18.0 Å². The second kappa shape index (κ2) is 7.32. The zero-order valence-corrected chi connectivity index (χ0v) is 13.8. The number of hydrogen-bond acceptors (Lipinski definition) is 3. The zero-order valence-electron chi connectivity index (χ0n) is 13.8. The van der Waals surface area contributed by atoms with E-state index in [-0.39, 0.29) is 29.8 Å². The number of carbonyl (C=O) groups is 1. The van der Waals surface area contributed by atoms with Crippen molar-refractivity contribution in [3.8, 4) is 17.2 Å². The first kappa shape index (κ1) is 16.9. The van der Waals surface area contributed by atoms with Crippen LogP contribution in [0, 0.1) is 17.1 Å². The lowest BCUT2D eigenvalue weighted by Crippen LogP contribution is -2.63. The van der Waals surface area contributed by atoms with Crippen LogP contribution in [0.1, 0.15) is 11.5 Å². The number of amides is 2. The first-order valence-electron chi connectivity index (χ1n) is 8.10. The van der Waals surface area contributed by atoms with Crippen LogP contribution in [0.5, 0.6) is 0 Å². The lowest BCUT2D eigenvalue weighted by Gasteiger charge is -2.43. The second-order valence-corrected chi connectivity index (χ2v) is 5.97. The van der Waals surface area contributed by atoms with Gasteiger partial charge in [0.2, 0.25) is 0 Å². The Balaban J connectivity index is 1.76. The molecule has 1 heterocycles. The zero-order chi connectivity index (χ0) is 17.8. The average molecular weight is 338 g/mol. The van der Waals surface area contributed by atoms with Gasteiger partial charge in [0.05, 0.1) is 6.07 Å². The topological polar surface area (TPSA) is 77.0 Å². The smallest absolute Gasteiger partial charge is 0.314 e. The van der Waals surface area contributed by atoms with Crippen molar-refractivity contribution in [3.05, 3.63) is 59.9 Å². The van der Waals surface area contributed by atoms with Crippen molar-refractivity contribution in [1.29, 1.82) is 5.26 Å². The van der Waals surface area contributed by atoms with E-state index in [1.165, 1.54) is 6.07 Å². The van der Waals surface area contributed by atoms with Crippen molar-refractivity contribution >= 4 is 6.03 Å². The summed E-state index contributed by atoms with van der Waals surface area (Å²) < 4.78 is 13.9. The number of nitriles is 1. The van der Waals surface area contributed by atoms with Gasteiger partial charge >= 0.3 is 6.03 Å². The number of urea groups is 1. The molecule has 2 aromatic rings. The fourth-order valence-corrected chi connectivity index (χ4v) is 3.15. The van der Waals surface area contributed by atoms with Crippen molar-refractivity contribution in [3.63, 3.8) is 0 Å². The molecule has 1 saturated heterocycles. The molecule has 3 N–H and O–H groups in total. The molecule has 3 atom stereocenters. The second-order valence-electron chi connectivity index (χ2n) is 5.97. The quantitative estimate of drug-likeness (QED) is 0.801. The minimum absolute atomic E-state index is 0.0127. The normalized spacial score (nSPS) is 21.7. The van der Waals surface area contributed by atoms with E-state index in [4.69, 9.17) is 0 Å². The molecular formula is C19H19FN4O. The van der Waals surface area contributed by atoms with Crippen LogP contribution in [-0.2, 0) is 0 Å². The maximum Gasteiger partial charge on any atom is 0.314 e. The largest absolute Gasteiger partial charge is 0.341 e. The van der Waals surface area contributed by atoms with E-state index in [0.29, 0.717) is 12.1 Å². The molecule has 3 rings (SSSR count). The van der Waals surface area contributed by atoms with E-state index in [0.717, 1.165) is 11.1 Å². The van der Waals surface area contributed by atoms with Crippen LogP contribution in [-0.4, -0.2) is 31.7 Å². The summed E-state index contributed by atoms with van der Waals surface area (Å²) in [4.78, 5) is 11.3. The molecule has 0 aliphatic carbocycles. The van der Waals surface area contributed by atoms with Gasteiger partial charge in [-0.25, -0.2) is 9.18 Å². The Bertz CT molecular complexity index is 800. The molecule has 0 saturated carbocycles. The number of nitrogens with one attached hydrogen (secondary N) is 3. The van der Waals surface area contributed by atoms with Gasteiger partial charge in [0.25, 0.3) is 0 Å². The molecule has 1 aliphatic rings. The average Bonchev–Trinajstić information content (AvgIpc) is 2.62. The SMILES string of the molecule is CNC(=O)NC[C@@H]1N[C@@H](C#N)[C@@H]1c1ccc(-c2ccccc2F)cc1. The number of halogens is 1. The number of carbonyl (C=O) groups excluding carboxylic acids is 1. The maximum absolute atomic E-state index is 13.9. The molecule has 5 nitrogen and oxygen atoms in total. The highest BCUT2D eigenvalue weighted by atomic mass is 19.1. The number of hydrogen-bond donors (Lipinski definition) is 3. The van der Waals surface area contributed by atoms with E-state index in [1.807, 2.05) is 24.3 Å². The van der Waals surface area contributed by atoms with Gasteiger partial charge in [0, 0.05) is 31.1 Å². The van der Waals surface area contributed by atoms with Gasteiger partial charge in [-0.1, -0.05) is 42.5 Å². The van der Waals surface area contributed by atoms with Crippen LogP contribution in [0.25, 0.3) is 11.1 Å². The number of benzene rings is 2. The highest BCUT2D eigenvalue weighted by molar-refractivity contribution is 5.73. The number of rotatable bonds is 4. The van der Waals surface area contributed by atoms with Crippen LogP contribution in [0.3, 0.4) is 0 Å². The van der Waals surface area contributed by atoms with E-state index >= 15 is 0 Å². The third-order valence-corrected chi connectivity index (χ3v) is 4.52. The Morgan fingerprint density at radius 2 is 1.96 bits per heavy atom. The van der Waals surface area contributed by atoms with Crippen LogP contribution < -0.4 is 16.0 Å². The molecule has 0 bridgehead atoms. The maximum atomic E-state index is 13.9. The standard InChI is InChI=1S/C19H19FN4O/c1-22-19(25)23-11-17-18(16(10-21)24-17)13-8-6-12(7-9-13)14-4-2-3-5-15(14)20/h2-9,16-18,24H,11H2,1H3,(H2,22,23,25)/t16-,17-,18-/m0/s1. The van der Waals surface area contributed by atoms with Crippen molar-refractivity contribution in [2.24, 2.45) is 0 Å². The Labute approximate surface area is 145 Å². The van der Waals surface area contributed by atoms with Crippen molar-refractivity contribution < 1.29 is 9.18 Å². The Hall–Kier alpha value is -2.91. The van der Waals surface area contributed by atoms with Gasteiger partial charge in [-0.2, -0.15) is 5.26 Å². The summed E-state index contributed by atoms with van der Waals surface area (Å²) in [5.41, 5.74) is 2.34. The first-order chi connectivity index (χ1) is 12.1. The molecule has 0 spiro atoms. The summed E-state index contributed by atoms with van der Waals surface area (Å²) in [5.74, 6) is -0.278. The predicted octanol–water partition coefficient (Wildman–Crippen LogP) is 2.37. The highest BCUT2D eigenvalue weighted by Gasteiger charge is 2.41. The van der Waals surface area contributed by atoms with Crippen molar-refractivity contribution in [1.82, 2.24) is 16.0 Å². The Kier molecular flexibility index (Phi) is 4.96. The molecule has 25 heavy (non-hydrogen) atoms. The summed E-state index contributed by atoms with van der Waals surface area (Å²) >= 11 is 0. The minimum atomic E-state index is -0.296. The highest BCUT2D eigenvalue weighted by Crippen LogP contribution is 2.33. The Morgan fingerprint density at radius 3 is 2.60 bits per heavy atom. The van der Waals surface area contributed by atoms with Gasteiger partial charge in [-0.3, -0.25) is 5.32 Å². The summed E-state index contributed by atoms with van der Waals surface area (Å²) in [5, 5.41) is 17.7. The van der Waals surface area contributed by atoms with Crippen LogP contribution in [0.4, 0.5) is 9.18 Å². The lowest BCUT2D eigenvalue weighted by molar-refractivity contribution is 0.226. The molecule has 1 aliphatic heterocycles. The van der Waals surface area contributed by atoms with Gasteiger partial charge in [0.1, 0.15) is 11.9 Å². The van der Waals surface area contributed by atoms with E-state index in [9.17, 15) is 14.4 Å². The summed E-state index contributed by atoms with van der Waals surface area (Å²) in [6.07, 6.45) is 0. The molecular weight excluding hydrogens is 319 g/mol. The first-order valence-corrected chi connectivity index (χ1v) is 8.10. The lowest BCUT2D eigenvalue weighted by atomic mass is 9.77. The van der Waals surface area contributed by atoms with Gasteiger partial charge < -0.3 is 10.6 Å². The van der Waals surface area contributed by atoms with Crippen LogP contribution in [0.15, 0.2) is 48.5 Å². The fraction of sp³-hybridized carbons (Fsp3) is 0.263. The summed E-state index contributed by atoms with van der Waals surface area (Å²) in [6.45, 7) is 0.428. The van der Waals surface area contributed by atoms with Gasteiger partial charge in [-0.15, -0.1) is 0 Å². The molecule has 128 valence electrons. The third-order valence-electron chi connectivity index (χ3n) is 4.52. The van der Waals surface area contributed by atoms with E-state index < -0.39 is 0 Å². The molecule has 1 fully saturated rings. The molecule has 0 radical (unpaired) electrons. The molecule has 2 aromatic carbocycles. The van der Waals surface area contributed by atoms with Crippen molar-refractivity contribution in [2.75, 3.05) is 13.6 Å². The minimum Gasteiger partial charge on any atom is -0.341 e. The molecule has 0 unspecified atom stereocenters. The van der Waals surface area contributed by atoms with E-state index in [2.05, 4.69) is 22.0 Å². The monoisotopic (exact) mass is 338 g/mol. The predicted molar refractivity (Wildman–Crippen MR) is 93.4 cm³/mol. The molecule has 2 amide bonds. The van der Waals surface area contributed by atoms with Crippen LogP contribution >= 0.6 is 0 Å². The molecule has 6 heteroatoms. The molecule has 0 aromatic heterocycles.